The van der Waals surface area contributed by atoms with Crippen LogP contribution in [0.1, 0.15) is 11.1 Å². The van der Waals surface area contributed by atoms with Crippen LogP contribution in [0.25, 0.3) is 0 Å². The van der Waals surface area contributed by atoms with E-state index < -0.39 is 0 Å². The number of anilines is 2. The number of likely N-dealkylation sites (N-methyl/N-ethyl adjacent to an activating group) is 1. The SMILES string of the molecule is CNc1cc(N(C)CCc2ccc(C)cc2)ncn1. The topological polar surface area (TPSA) is 41.0 Å². The molecule has 4 heteroatoms. The number of aryl methyl sites for hydroxylation is 1. The summed E-state index contributed by atoms with van der Waals surface area (Å²) in [5.74, 6) is 1.78. The molecular formula is C15H20N4. The van der Waals surface area contributed by atoms with E-state index in [9.17, 15) is 0 Å². The molecule has 0 fully saturated rings. The van der Waals surface area contributed by atoms with Gasteiger partial charge in [0.1, 0.15) is 18.0 Å². The van der Waals surface area contributed by atoms with Crippen molar-refractivity contribution in [3.8, 4) is 0 Å². The molecule has 0 saturated heterocycles. The predicted molar refractivity (Wildman–Crippen MR) is 79.7 cm³/mol. The van der Waals surface area contributed by atoms with Crippen molar-refractivity contribution in [2.45, 2.75) is 13.3 Å². The van der Waals surface area contributed by atoms with Crippen molar-refractivity contribution in [3.63, 3.8) is 0 Å². The van der Waals surface area contributed by atoms with E-state index in [1.165, 1.54) is 11.1 Å². The highest BCUT2D eigenvalue weighted by atomic mass is 15.2. The molecule has 100 valence electrons. The Bertz CT molecular complexity index is 522. The fraction of sp³-hybridized carbons (Fsp3) is 0.333. The van der Waals surface area contributed by atoms with E-state index >= 15 is 0 Å². The third kappa shape index (κ3) is 3.68. The summed E-state index contributed by atoms with van der Waals surface area (Å²) in [7, 11) is 3.91. The van der Waals surface area contributed by atoms with Crippen molar-refractivity contribution in [1.29, 1.82) is 0 Å². The van der Waals surface area contributed by atoms with Gasteiger partial charge in [0.25, 0.3) is 0 Å². The Morgan fingerprint density at radius 2 is 1.89 bits per heavy atom. The summed E-state index contributed by atoms with van der Waals surface area (Å²) < 4.78 is 0. The molecule has 2 aromatic rings. The highest BCUT2D eigenvalue weighted by molar-refractivity contribution is 5.47. The van der Waals surface area contributed by atoms with Crippen LogP contribution in [0.15, 0.2) is 36.7 Å². The molecule has 0 aliphatic rings. The van der Waals surface area contributed by atoms with Crippen molar-refractivity contribution >= 4 is 11.6 Å². The normalized spacial score (nSPS) is 10.3. The summed E-state index contributed by atoms with van der Waals surface area (Å²) in [6, 6.07) is 10.6. The fourth-order valence-electron chi connectivity index (χ4n) is 1.86. The van der Waals surface area contributed by atoms with Gasteiger partial charge in [-0.3, -0.25) is 0 Å². The average molecular weight is 256 g/mol. The zero-order valence-electron chi connectivity index (χ0n) is 11.7. The largest absolute Gasteiger partial charge is 0.373 e. The van der Waals surface area contributed by atoms with Crippen LogP contribution in [0.2, 0.25) is 0 Å². The monoisotopic (exact) mass is 256 g/mol. The molecule has 1 aromatic heterocycles. The minimum atomic E-state index is 0.840. The third-order valence-electron chi connectivity index (χ3n) is 3.16. The van der Waals surface area contributed by atoms with Gasteiger partial charge in [-0.2, -0.15) is 0 Å². The molecule has 2 rings (SSSR count). The molecule has 19 heavy (non-hydrogen) atoms. The lowest BCUT2D eigenvalue weighted by Gasteiger charge is -2.18. The number of aromatic nitrogens is 2. The van der Waals surface area contributed by atoms with Gasteiger partial charge in [-0.15, -0.1) is 0 Å². The zero-order chi connectivity index (χ0) is 13.7. The minimum absolute atomic E-state index is 0.840. The Labute approximate surface area is 114 Å². The van der Waals surface area contributed by atoms with Gasteiger partial charge in [0, 0.05) is 26.7 Å². The van der Waals surface area contributed by atoms with Crippen LogP contribution in [0.5, 0.6) is 0 Å². The summed E-state index contributed by atoms with van der Waals surface area (Å²) in [5, 5.41) is 3.02. The Balaban J connectivity index is 1.96. The number of hydrogen-bond acceptors (Lipinski definition) is 4. The van der Waals surface area contributed by atoms with Gasteiger partial charge in [0.2, 0.25) is 0 Å². The Hall–Kier alpha value is -2.10. The first kappa shape index (κ1) is 13.3. The summed E-state index contributed by atoms with van der Waals surface area (Å²) in [6.07, 6.45) is 2.60. The molecule has 0 saturated carbocycles. The summed E-state index contributed by atoms with van der Waals surface area (Å²) in [6.45, 7) is 3.04. The molecule has 0 aliphatic heterocycles. The van der Waals surface area contributed by atoms with E-state index in [1.807, 2.05) is 13.1 Å². The van der Waals surface area contributed by atoms with Crippen LogP contribution in [0.3, 0.4) is 0 Å². The van der Waals surface area contributed by atoms with Crippen LogP contribution in [-0.2, 0) is 6.42 Å². The number of hydrogen-bond donors (Lipinski definition) is 1. The fourth-order valence-corrected chi connectivity index (χ4v) is 1.86. The Morgan fingerprint density at radius 3 is 2.58 bits per heavy atom. The van der Waals surface area contributed by atoms with E-state index in [4.69, 9.17) is 0 Å². The average Bonchev–Trinajstić information content (AvgIpc) is 2.46. The maximum absolute atomic E-state index is 4.29. The third-order valence-corrected chi connectivity index (χ3v) is 3.16. The quantitative estimate of drug-likeness (QED) is 0.892. The van der Waals surface area contributed by atoms with Gasteiger partial charge < -0.3 is 10.2 Å². The van der Waals surface area contributed by atoms with Crippen LogP contribution < -0.4 is 10.2 Å². The Morgan fingerprint density at radius 1 is 1.16 bits per heavy atom. The molecule has 0 spiro atoms. The van der Waals surface area contributed by atoms with Crippen molar-refractivity contribution in [2.24, 2.45) is 0 Å². The number of nitrogens with zero attached hydrogens (tertiary/aromatic N) is 3. The van der Waals surface area contributed by atoms with E-state index in [-0.39, 0.29) is 0 Å². The van der Waals surface area contributed by atoms with Crippen LogP contribution >= 0.6 is 0 Å². The first-order valence-corrected chi connectivity index (χ1v) is 6.45. The first-order valence-electron chi connectivity index (χ1n) is 6.45. The second kappa shape index (κ2) is 6.18. The molecule has 0 aliphatic carbocycles. The summed E-state index contributed by atoms with van der Waals surface area (Å²) >= 11 is 0. The van der Waals surface area contributed by atoms with Crippen LogP contribution in [-0.4, -0.2) is 30.6 Å². The predicted octanol–water partition coefficient (Wildman–Crippen LogP) is 2.51. The van der Waals surface area contributed by atoms with E-state index in [0.717, 1.165) is 24.6 Å². The highest BCUT2D eigenvalue weighted by Gasteiger charge is 2.04. The molecule has 0 amide bonds. The smallest absolute Gasteiger partial charge is 0.133 e. The molecule has 1 aromatic carbocycles. The first-order chi connectivity index (χ1) is 9.19. The molecule has 0 bridgehead atoms. The lowest BCUT2D eigenvalue weighted by atomic mass is 10.1. The maximum atomic E-state index is 4.29. The number of nitrogens with one attached hydrogen (secondary N) is 1. The van der Waals surface area contributed by atoms with Crippen LogP contribution in [0, 0.1) is 6.92 Å². The van der Waals surface area contributed by atoms with Gasteiger partial charge in [-0.25, -0.2) is 9.97 Å². The lowest BCUT2D eigenvalue weighted by molar-refractivity contribution is 0.856. The summed E-state index contributed by atoms with van der Waals surface area (Å²) in [5.41, 5.74) is 2.65. The molecule has 0 unspecified atom stereocenters. The molecule has 4 nitrogen and oxygen atoms in total. The standard InChI is InChI=1S/C15H20N4/c1-12-4-6-13(7-5-12)8-9-19(3)15-10-14(16-2)17-11-18-15/h4-7,10-11H,8-9H2,1-3H3,(H,16,17,18). The zero-order valence-corrected chi connectivity index (χ0v) is 11.7. The number of benzene rings is 1. The van der Waals surface area contributed by atoms with Gasteiger partial charge in [0.15, 0.2) is 0 Å². The number of rotatable bonds is 5. The molecule has 1 N–H and O–H groups in total. The van der Waals surface area contributed by atoms with Gasteiger partial charge >= 0.3 is 0 Å². The summed E-state index contributed by atoms with van der Waals surface area (Å²) in [4.78, 5) is 10.5. The molecule has 1 heterocycles. The van der Waals surface area contributed by atoms with E-state index in [2.05, 4.69) is 58.4 Å². The molecule has 0 radical (unpaired) electrons. The molecule has 0 atom stereocenters. The Kier molecular flexibility index (Phi) is 4.34. The van der Waals surface area contributed by atoms with Crippen molar-refractivity contribution in [3.05, 3.63) is 47.8 Å². The van der Waals surface area contributed by atoms with E-state index in [0.29, 0.717) is 0 Å². The second-order valence-electron chi connectivity index (χ2n) is 4.67. The van der Waals surface area contributed by atoms with Gasteiger partial charge in [-0.05, 0) is 18.9 Å². The lowest BCUT2D eigenvalue weighted by Crippen LogP contribution is -2.21. The molecular weight excluding hydrogens is 236 g/mol. The van der Waals surface area contributed by atoms with Crippen molar-refractivity contribution < 1.29 is 0 Å². The van der Waals surface area contributed by atoms with E-state index in [1.54, 1.807) is 6.33 Å². The highest BCUT2D eigenvalue weighted by Crippen LogP contribution is 2.13. The second-order valence-corrected chi connectivity index (χ2v) is 4.67. The minimum Gasteiger partial charge on any atom is -0.373 e. The maximum Gasteiger partial charge on any atom is 0.133 e. The van der Waals surface area contributed by atoms with Crippen LogP contribution in [0.4, 0.5) is 11.6 Å². The van der Waals surface area contributed by atoms with Gasteiger partial charge in [-0.1, -0.05) is 29.8 Å². The van der Waals surface area contributed by atoms with Crippen molar-refractivity contribution in [1.82, 2.24) is 9.97 Å². The van der Waals surface area contributed by atoms with Gasteiger partial charge in [0.05, 0.1) is 0 Å². The van der Waals surface area contributed by atoms with Crippen molar-refractivity contribution in [2.75, 3.05) is 30.9 Å².